The second-order valence-corrected chi connectivity index (χ2v) is 4.69. The molecule has 0 saturated heterocycles. The van der Waals surface area contributed by atoms with Crippen LogP contribution in [0.15, 0.2) is 34.9 Å². The molecule has 0 spiro atoms. The Hall–Kier alpha value is -2.14. The number of rotatable bonds is 3. The van der Waals surface area contributed by atoms with Crippen molar-refractivity contribution >= 4 is 5.97 Å². The lowest BCUT2D eigenvalue weighted by Crippen LogP contribution is -2.30. The minimum atomic E-state index is -1.04. The molecule has 1 N–H and O–H groups in total. The molecule has 0 bridgehead atoms. The van der Waals surface area contributed by atoms with Gasteiger partial charge in [-0.1, -0.05) is 35.5 Å². The molecule has 3 rings (SSSR count). The number of nitrogens with zero attached hydrogens (tertiary/aromatic N) is 2. The lowest BCUT2D eigenvalue weighted by molar-refractivity contribution is 0.0650. The van der Waals surface area contributed by atoms with Crippen LogP contribution in [0.5, 0.6) is 0 Å². The van der Waals surface area contributed by atoms with Gasteiger partial charge in [-0.3, -0.25) is 4.90 Å². The van der Waals surface area contributed by atoms with Crippen molar-refractivity contribution in [1.82, 2.24) is 10.1 Å². The molecular formula is C14H14N2O3. The van der Waals surface area contributed by atoms with Crippen LogP contribution < -0.4 is 0 Å². The largest absolute Gasteiger partial charge is 0.475 e. The summed E-state index contributed by atoms with van der Waals surface area (Å²) in [4.78, 5) is 13.2. The highest BCUT2D eigenvalue weighted by molar-refractivity contribution is 5.86. The first kappa shape index (κ1) is 11.9. The van der Waals surface area contributed by atoms with E-state index >= 15 is 0 Å². The maximum absolute atomic E-state index is 11.0. The molecule has 0 amide bonds. The zero-order valence-corrected chi connectivity index (χ0v) is 10.4. The Kier molecular flexibility index (Phi) is 3.05. The lowest BCUT2D eigenvalue weighted by atomic mass is 10.0. The number of aromatic carboxylic acids is 1. The smallest absolute Gasteiger partial charge is 0.375 e. The predicted molar refractivity (Wildman–Crippen MR) is 67.7 cm³/mol. The SMILES string of the molecule is O=C(O)c1onc2c1CCN(Cc1ccccc1)C2. The van der Waals surface area contributed by atoms with Crippen molar-refractivity contribution in [3.8, 4) is 0 Å². The fourth-order valence-electron chi connectivity index (χ4n) is 2.43. The second-order valence-electron chi connectivity index (χ2n) is 4.69. The van der Waals surface area contributed by atoms with Gasteiger partial charge in [0.2, 0.25) is 5.76 Å². The van der Waals surface area contributed by atoms with Crippen LogP contribution in [-0.2, 0) is 19.5 Å². The molecule has 1 aromatic carbocycles. The van der Waals surface area contributed by atoms with Crippen molar-refractivity contribution in [2.45, 2.75) is 19.5 Å². The maximum Gasteiger partial charge on any atom is 0.375 e. The number of hydrogen-bond acceptors (Lipinski definition) is 4. The molecule has 0 radical (unpaired) electrons. The predicted octanol–water partition coefficient (Wildman–Crippen LogP) is 1.93. The molecular weight excluding hydrogens is 244 g/mol. The average molecular weight is 258 g/mol. The fraction of sp³-hybridized carbons (Fsp3) is 0.286. The van der Waals surface area contributed by atoms with E-state index in [-0.39, 0.29) is 5.76 Å². The van der Waals surface area contributed by atoms with E-state index in [4.69, 9.17) is 9.63 Å². The van der Waals surface area contributed by atoms with Gasteiger partial charge in [0, 0.05) is 25.2 Å². The fourth-order valence-corrected chi connectivity index (χ4v) is 2.43. The molecule has 19 heavy (non-hydrogen) atoms. The first-order valence-electron chi connectivity index (χ1n) is 6.21. The maximum atomic E-state index is 11.0. The van der Waals surface area contributed by atoms with Crippen molar-refractivity contribution in [3.63, 3.8) is 0 Å². The number of hydrogen-bond donors (Lipinski definition) is 1. The highest BCUT2D eigenvalue weighted by Crippen LogP contribution is 2.23. The highest BCUT2D eigenvalue weighted by atomic mass is 16.5. The van der Waals surface area contributed by atoms with Gasteiger partial charge in [0.05, 0.1) is 0 Å². The Morgan fingerprint density at radius 3 is 2.89 bits per heavy atom. The number of carboxylic acid groups (broad SMARTS) is 1. The van der Waals surface area contributed by atoms with E-state index in [1.54, 1.807) is 0 Å². The number of benzene rings is 1. The van der Waals surface area contributed by atoms with Crippen LogP contribution in [0.1, 0.15) is 27.4 Å². The summed E-state index contributed by atoms with van der Waals surface area (Å²) in [6, 6.07) is 10.2. The Labute approximate surface area is 110 Å². The van der Waals surface area contributed by atoms with Crippen LogP contribution in [-0.4, -0.2) is 27.7 Å². The summed E-state index contributed by atoms with van der Waals surface area (Å²) in [5, 5.41) is 12.9. The van der Waals surface area contributed by atoms with Gasteiger partial charge in [-0.15, -0.1) is 0 Å². The third-order valence-corrected chi connectivity index (χ3v) is 3.36. The summed E-state index contributed by atoms with van der Waals surface area (Å²) in [5.74, 6) is -1.04. The summed E-state index contributed by atoms with van der Waals surface area (Å²) in [6.45, 7) is 2.31. The monoisotopic (exact) mass is 258 g/mol. The van der Waals surface area contributed by atoms with Gasteiger partial charge in [-0.05, 0) is 12.0 Å². The molecule has 0 saturated carbocycles. The molecule has 5 heteroatoms. The standard InChI is InChI=1S/C14H14N2O3/c17-14(18)13-11-6-7-16(9-12(11)15-19-13)8-10-4-2-1-3-5-10/h1-5H,6-9H2,(H,17,18). The van der Waals surface area contributed by atoms with Crippen molar-refractivity contribution in [1.29, 1.82) is 0 Å². The van der Waals surface area contributed by atoms with Gasteiger partial charge in [-0.2, -0.15) is 0 Å². The van der Waals surface area contributed by atoms with Gasteiger partial charge >= 0.3 is 5.97 Å². The van der Waals surface area contributed by atoms with E-state index < -0.39 is 5.97 Å². The zero-order valence-electron chi connectivity index (χ0n) is 10.4. The average Bonchev–Trinajstić information content (AvgIpc) is 2.83. The zero-order chi connectivity index (χ0) is 13.2. The van der Waals surface area contributed by atoms with Crippen molar-refractivity contribution in [2.24, 2.45) is 0 Å². The summed E-state index contributed by atoms with van der Waals surface area (Å²) in [7, 11) is 0. The van der Waals surface area contributed by atoms with E-state index in [9.17, 15) is 4.79 Å². The molecule has 1 aliphatic heterocycles. The molecule has 5 nitrogen and oxygen atoms in total. The van der Waals surface area contributed by atoms with Crippen LogP contribution in [0.3, 0.4) is 0 Å². The van der Waals surface area contributed by atoms with E-state index in [0.717, 1.165) is 24.3 Å². The number of carbonyl (C=O) groups is 1. The van der Waals surface area contributed by atoms with Crippen LogP contribution in [0.25, 0.3) is 0 Å². The van der Waals surface area contributed by atoms with E-state index in [0.29, 0.717) is 13.0 Å². The highest BCUT2D eigenvalue weighted by Gasteiger charge is 2.26. The molecule has 1 aliphatic rings. The molecule has 2 aromatic rings. The van der Waals surface area contributed by atoms with Crippen LogP contribution in [0.4, 0.5) is 0 Å². The van der Waals surface area contributed by atoms with E-state index in [2.05, 4.69) is 22.2 Å². The Morgan fingerprint density at radius 2 is 2.16 bits per heavy atom. The first-order chi connectivity index (χ1) is 9.24. The molecule has 0 aliphatic carbocycles. The summed E-state index contributed by atoms with van der Waals surface area (Å²) in [6.07, 6.45) is 0.674. The Balaban J connectivity index is 1.74. The molecule has 0 atom stereocenters. The summed E-state index contributed by atoms with van der Waals surface area (Å²) in [5.41, 5.74) is 2.74. The number of aromatic nitrogens is 1. The van der Waals surface area contributed by atoms with Crippen LogP contribution in [0.2, 0.25) is 0 Å². The third kappa shape index (κ3) is 2.37. The van der Waals surface area contributed by atoms with Gasteiger partial charge in [0.25, 0.3) is 0 Å². The molecule has 0 unspecified atom stereocenters. The minimum absolute atomic E-state index is 0.00522. The number of carboxylic acids is 1. The van der Waals surface area contributed by atoms with E-state index in [1.165, 1.54) is 5.56 Å². The Morgan fingerprint density at radius 1 is 1.37 bits per heavy atom. The third-order valence-electron chi connectivity index (χ3n) is 3.36. The van der Waals surface area contributed by atoms with Crippen LogP contribution >= 0.6 is 0 Å². The summed E-state index contributed by atoms with van der Waals surface area (Å²) >= 11 is 0. The van der Waals surface area contributed by atoms with Crippen molar-refractivity contribution < 1.29 is 14.4 Å². The molecule has 0 fully saturated rings. The van der Waals surface area contributed by atoms with Gasteiger partial charge < -0.3 is 9.63 Å². The Bertz CT molecular complexity index is 592. The first-order valence-corrected chi connectivity index (χ1v) is 6.21. The lowest BCUT2D eigenvalue weighted by Gasteiger charge is -2.25. The van der Waals surface area contributed by atoms with Crippen molar-refractivity contribution in [3.05, 3.63) is 52.9 Å². The van der Waals surface area contributed by atoms with Gasteiger partial charge in [0.15, 0.2) is 0 Å². The molecule has 1 aromatic heterocycles. The van der Waals surface area contributed by atoms with Crippen LogP contribution in [0, 0.1) is 0 Å². The van der Waals surface area contributed by atoms with Gasteiger partial charge in [-0.25, -0.2) is 4.79 Å². The number of fused-ring (bicyclic) bond motifs is 1. The van der Waals surface area contributed by atoms with Crippen molar-refractivity contribution in [2.75, 3.05) is 6.54 Å². The molecule has 2 heterocycles. The topological polar surface area (TPSA) is 66.6 Å². The minimum Gasteiger partial charge on any atom is -0.475 e. The normalized spacial score (nSPS) is 15.2. The van der Waals surface area contributed by atoms with Gasteiger partial charge in [0.1, 0.15) is 5.69 Å². The molecule has 98 valence electrons. The van der Waals surface area contributed by atoms with E-state index in [1.807, 2.05) is 18.2 Å². The quantitative estimate of drug-likeness (QED) is 0.911. The second kappa shape index (κ2) is 4.85. The summed E-state index contributed by atoms with van der Waals surface area (Å²) < 4.78 is 4.90.